The molecule has 1 atom stereocenters. The van der Waals surface area contributed by atoms with Gasteiger partial charge in [-0.15, -0.1) is 11.3 Å². The second-order valence-corrected chi connectivity index (χ2v) is 7.75. The number of nitrogens with one attached hydrogen (secondary N) is 1. The van der Waals surface area contributed by atoms with Gasteiger partial charge in [0.15, 0.2) is 0 Å². The number of thiophene rings is 1. The van der Waals surface area contributed by atoms with Gasteiger partial charge >= 0.3 is 5.97 Å². The normalized spacial score (nSPS) is 16.5. The quantitative estimate of drug-likeness (QED) is 0.767. The van der Waals surface area contributed by atoms with Crippen LogP contribution in [0.15, 0.2) is 30.3 Å². The molecule has 3 rings (SSSR count). The van der Waals surface area contributed by atoms with E-state index in [1.165, 1.54) is 18.4 Å². The van der Waals surface area contributed by atoms with Crippen LogP contribution in [-0.2, 0) is 20.7 Å². The number of rotatable bonds is 5. The zero-order valence-electron chi connectivity index (χ0n) is 15.0. The van der Waals surface area contributed by atoms with Gasteiger partial charge in [0.25, 0.3) is 0 Å². The van der Waals surface area contributed by atoms with Crippen molar-refractivity contribution in [1.82, 2.24) is 0 Å². The van der Waals surface area contributed by atoms with Crippen LogP contribution in [0.4, 0.5) is 10.7 Å². The van der Waals surface area contributed by atoms with E-state index >= 15 is 0 Å². The summed E-state index contributed by atoms with van der Waals surface area (Å²) in [6, 6.07) is 8.70. The van der Waals surface area contributed by atoms with Gasteiger partial charge in [0.05, 0.1) is 18.6 Å². The van der Waals surface area contributed by atoms with E-state index in [4.69, 9.17) is 16.3 Å². The number of hydrogen-bond donors (Lipinski definition) is 1. The van der Waals surface area contributed by atoms with E-state index in [1.807, 2.05) is 6.92 Å². The van der Waals surface area contributed by atoms with Gasteiger partial charge < -0.3 is 15.0 Å². The molecule has 0 radical (unpaired) electrons. The number of carbonyl (C=O) groups excluding carboxylic acids is 3. The van der Waals surface area contributed by atoms with E-state index in [2.05, 4.69) is 5.32 Å². The average Bonchev–Trinajstić information content (AvgIpc) is 3.24. The van der Waals surface area contributed by atoms with Crippen molar-refractivity contribution in [2.45, 2.75) is 19.8 Å². The number of benzene rings is 1. The van der Waals surface area contributed by atoms with E-state index in [9.17, 15) is 14.4 Å². The summed E-state index contributed by atoms with van der Waals surface area (Å²) in [7, 11) is 1.30. The van der Waals surface area contributed by atoms with Crippen LogP contribution in [0.2, 0.25) is 5.02 Å². The van der Waals surface area contributed by atoms with Gasteiger partial charge in [-0.1, -0.05) is 24.6 Å². The third-order valence-electron chi connectivity index (χ3n) is 4.39. The standard InChI is InChI=1S/C19H19ClN2O4S/c1-3-14-9-15(19(25)26-2)18(27-14)21-17(24)11-7-16(23)22(10-11)13-6-4-5-12(20)8-13/h4-6,8-9,11H,3,7,10H2,1-2H3,(H,21,24). The molecule has 0 saturated carbocycles. The van der Waals surface area contributed by atoms with Crippen LogP contribution in [0.3, 0.4) is 0 Å². The molecule has 1 unspecified atom stereocenters. The number of hydrogen-bond acceptors (Lipinski definition) is 5. The van der Waals surface area contributed by atoms with Gasteiger partial charge in [-0.25, -0.2) is 4.79 Å². The molecule has 6 nitrogen and oxygen atoms in total. The molecule has 0 aliphatic carbocycles. The summed E-state index contributed by atoms with van der Waals surface area (Å²) in [5.74, 6) is -1.42. The number of carbonyl (C=O) groups is 3. The van der Waals surface area contributed by atoms with Crippen molar-refractivity contribution in [2.75, 3.05) is 23.9 Å². The number of methoxy groups -OCH3 is 1. The second-order valence-electron chi connectivity index (χ2n) is 6.18. The first-order valence-electron chi connectivity index (χ1n) is 8.50. The molecule has 142 valence electrons. The number of anilines is 2. The van der Waals surface area contributed by atoms with Crippen molar-refractivity contribution in [3.63, 3.8) is 0 Å². The van der Waals surface area contributed by atoms with Crippen LogP contribution in [0, 0.1) is 5.92 Å². The lowest BCUT2D eigenvalue weighted by molar-refractivity contribution is -0.122. The van der Waals surface area contributed by atoms with Crippen LogP contribution >= 0.6 is 22.9 Å². The predicted octanol–water partition coefficient (Wildman–Crippen LogP) is 3.74. The highest BCUT2D eigenvalue weighted by Gasteiger charge is 2.35. The molecule has 2 amide bonds. The van der Waals surface area contributed by atoms with Gasteiger partial charge in [-0.05, 0) is 30.7 Å². The highest BCUT2D eigenvalue weighted by molar-refractivity contribution is 7.16. The largest absolute Gasteiger partial charge is 0.465 e. The minimum atomic E-state index is -0.505. The Morgan fingerprint density at radius 1 is 1.37 bits per heavy atom. The zero-order valence-corrected chi connectivity index (χ0v) is 16.5. The molecular weight excluding hydrogens is 388 g/mol. The Morgan fingerprint density at radius 3 is 2.81 bits per heavy atom. The molecular formula is C19H19ClN2O4S. The van der Waals surface area contributed by atoms with Gasteiger partial charge in [0.1, 0.15) is 5.00 Å². The van der Waals surface area contributed by atoms with E-state index in [0.29, 0.717) is 21.3 Å². The van der Waals surface area contributed by atoms with E-state index in [1.54, 1.807) is 35.2 Å². The fourth-order valence-electron chi connectivity index (χ4n) is 2.96. The molecule has 0 spiro atoms. The zero-order chi connectivity index (χ0) is 19.6. The maximum absolute atomic E-state index is 12.7. The minimum absolute atomic E-state index is 0.109. The smallest absolute Gasteiger partial charge is 0.340 e. The van der Waals surface area contributed by atoms with Crippen LogP contribution < -0.4 is 10.2 Å². The Balaban J connectivity index is 1.75. The fraction of sp³-hybridized carbons (Fsp3) is 0.316. The maximum Gasteiger partial charge on any atom is 0.340 e. The topological polar surface area (TPSA) is 75.7 Å². The molecule has 1 saturated heterocycles. The highest BCUT2D eigenvalue weighted by Crippen LogP contribution is 2.32. The number of nitrogens with zero attached hydrogens (tertiary/aromatic N) is 1. The summed E-state index contributed by atoms with van der Waals surface area (Å²) in [5.41, 5.74) is 1.01. The molecule has 2 heterocycles. The summed E-state index contributed by atoms with van der Waals surface area (Å²) < 4.78 is 4.79. The maximum atomic E-state index is 12.7. The van der Waals surface area contributed by atoms with E-state index in [0.717, 1.165) is 11.3 Å². The van der Waals surface area contributed by atoms with Gasteiger partial charge in [0.2, 0.25) is 11.8 Å². The highest BCUT2D eigenvalue weighted by atomic mass is 35.5. The molecule has 27 heavy (non-hydrogen) atoms. The Morgan fingerprint density at radius 2 is 2.15 bits per heavy atom. The Bertz CT molecular complexity index is 896. The monoisotopic (exact) mass is 406 g/mol. The Hall–Kier alpha value is -2.38. The third-order valence-corrected chi connectivity index (χ3v) is 5.82. The summed E-state index contributed by atoms with van der Waals surface area (Å²) in [6.07, 6.45) is 0.854. The second kappa shape index (κ2) is 8.10. The summed E-state index contributed by atoms with van der Waals surface area (Å²) in [6.45, 7) is 2.24. The molecule has 1 aliphatic rings. The number of amides is 2. The number of aryl methyl sites for hydroxylation is 1. The first-order chi connectivity index (χ1) is 12.9. The van der Waals surface area contributed by atoms with Crippen molar-refractivity contribution < 1.29 is 19.1 Å². The molecule has 0 bridgehead atoms. The molecule has 1 fully saturated rings. The number of ether oxygens (including phenoxy) is 1. The predicted molar refractivity (Wildman–Crippen MR) is 106 cm³/mol. The van der Waals surface area contributed by atoms with Crippen molar-refractivity contribution in [1.29, 1.82) is 0 Å². The first-order valence-corrected chi connectivity index (χ1v) is 9.70. The first kappa shape index (κ1) is 19.4. The Labute approximate surface area is 166 Å². The number of esters is 1. The SMILES string of the molecule is CCc1cc(C(=O)OC)c(NC(=O)C2CC(=O)N(c3cccc(Cl)c3)C2)s1. The lowest BCUT2D eigenvalue weighted by Gasteiger charge is -2.17. The molecule has 8 heteroatoms. The summed E-state index contributed by atoms with van der Waals surface area (Å²) >= 11 is 7.34. The van der Waals surface area contributed by atoms with Crippen LogP contribution in [0.25, 0.3) is 0 Å². The Kier molecular flexibility index (Phi) is 5.82. The van der Waals surface area contributed by atoms with Crippen molar-refractivity contribution in [2.24, 2.45) is 5.92 Å². The van der Waals surface area contributed by atoms with Crippen LogP contribution in [0.1, 0.15) is 28.6 Å². The van der Waals surface area contributed by atoms with E-state index in [-0.39, 0.29) is 24.8 Å². The lowest BCUT2D eigenvalue weighted by atomic mass is 10.1. The summed E-state index contributed by atoms with van der Waals surface area (Å²) in [5, 5.41) is 3.79. The molecule has 1 aromatic carbocycles. The van der Waals surface area contributed by atoms with Crippen molar-refractivity contribution in [3.05, 3.63) is 45.8 Å². The summed E-state index contributed by atoms with van der Waals surface area (Å²) in [4.78, 5) is 39.5. The molecule has 1 N–H and O–H groups in total. The third kappa shape index (κ3) is 4.14. The van der Waals surface area contributed by atoms with Gasteiger partial charge in [-0.2, -0.15) is 0 Å². The van der Waals surface area contributed by atoms with Crippen molar-refractivity contribution >= 4 is 51.4 Å². The van der Waals surface area contributed by atoms with Crippen LogP contribution in [-0.4, -0.2) is 31.4 Å². The van der Waals surface area contributed by atoms with E-state index < -0.39 is 11.9 Å². The average molecular weight is 407 g/mol. The van der Waals surface area contributed by atoms with Crippen LogP contribution in [0.5, 0.6) is 0 Å². The lowest BCUT2D eigenvalue weighted by Crippen LogP contribution is -2.28. The van der Waals surface area contributed by atoms with Gasteiger partial charge in [0, 0.05) is 28.6 Å². The molecule has 1 aliphatic heterocycles. The number of halogens is 1. The fourth-order valence-corrected chi connectivity index (χ4v) is 4.13. The van der Waals surface area contributed by atoms with Crippen molar-refractivity contribution in [3.8, 4) is 0 Å². The minimum Gasteiger partial charge on any atom is -0.465 e. The molecule has 2 aromatic rings. The molecule has 1 aromatic heterocycles. The van der Waals surface area contributed by atoms with Gasteiger partial charge in [-0.3, -0.25) is 9.59 Å².